The summed E-state index contributed by atoms with van der Waals surface area (Å²) in [6, 6.07) is 12.3. The highest BCUT2D eigenvalue weighted by Crippen LogP contribution is 2.71. The van der Waals surface area contributed by atoms with Crippen LogP contribution in [0, 0.1) is 0 Å². The Labute approximate surface area is 301 Å². The summed E-state index contributed by atoms with van der Waals surface area (Å²) in [6.45, 7) is 3.59. The van der Waals surface area contributed by atoms with Gasteiger partial charge in [0.05, 0.1) is 59.5 Å². The topological polar surface area (TPSA) is 144 Å². The number of methoxy groups -OCH3 is 6. The standard InChI is InChI=1S/C35H33NO11S3/c1-34(2)29-24(21-15-14-20(43-4)17-22(21)36(34)23(37)16-11-18-9-12-19(42-3)13-10-18)35(25(30(38)44-5)26(48-29)31(39)45-6)49-27(32(40)46-7)28(50-35)33(41)47-8/h9-17H,1-8H3/b16-11+. The number of hydrogen-bond donors (Lipinski definition) is 0. The van der Waals surface area contributed by atoms with Crippen molar-refractivity contribution in [2.45, 2.75) is 23.5 Å². The van der Waals surface area contributed by atoms with Gasteiger partial charge in [0.2, 0.25) is 0 Å². The van der Waals surface area contributed by atoms with Gasteiger partial charge in [-0.15, -0.1) is 0 Å². The second kappa shape index (κ2) is 14.3. The molecule has 2 aromatic rings. The maximum Gasteiger partial charge on any atom is 0.345 e. The lowest BCUT2D eigenvalue weighted by molar-refractivity contribution is -0.138. The zero-order chi connectivity index (χ0) is 36.5. The van der Waals surface area contributed by atoms with Gasteiger partial charge in [-0.2, -0.15) is 0 Å². The molecule has 1 amide bonds. The number of benzene rings is 2. The van der Waals surface area contributed by atoms with Gasteiger partial charge in [-0.25, -0.2) is 19.2 Å². The number of esters is 4. The van der Waals surface area contributed by atoms with Crippen LogP contribution in [0.2, 0.25) is 0 Å². The van der Waals surface area contributed by atoms with Crippen molar-refractivity contribution in [3.8, 4) is 11.5 Å². The van der Waals surface area contributed by atoms with Crippen LogP contribution >= 0.6 is 35.3 Å². The second-order valence-electron chi connectivity index (χ2n) is 11.2. The van der Waals surface area contributed by atoms with Crippen molar-refractivity contribution in [3.05, 3.63) is 84.9 Å². The van der Waals surface area contributed by atoms with Crippen LogP contribution in [0.25, 0.3) is 11.6 Å². The lowest BCUT2D eigenvalue weighted by Crippen LogP contribution is -2.53. The van der Waals surface area contributed by atoms with Crippen molar-refractivity contribution >= 4 is 82.4 Å². The van der Waals surface area contributed by atoms with Crippen molar-refractivity contribution < 1.29 is 52.4 Å². The first-order valence-corrected chi connectivity index (χ1v) is 17.3. The third kappa shape index (κ3) is 6.07. The molecule has 5 rings (SSSR count). The van der Waals surface area contributed by atoms with E-state index in [4.69, 9.17) is 28.4 Å². The van der Waals surface area contributed by atoms with Gasteiger partial charge in [-0.1, -0.05) is 47.4 Å². The molecule has 1 spiro atoms. The molecule has 0 N–H and O–H groups in total. The number of fused-ring (bicyclic) bond motifs is 3. The van der Waals surface area contributed by atoms with Crippen molar-refractivity contribution in [1.82, 2.24) is 0 Å². The molecular formula is C35H33NO11S3. The fourth-order valence-electron chi connectivity index (χ4n) is 5.77. The number of nitrogens with zero attached hydrogens (tertiary/aromatic N) is 1. The molecule has 12 nitrogen and oxygen atoms in total. The Morgan fingerprint density at radius 3 is 1.72 bits per heavy atom. The molecule has 0 atom stereocenters. The fraction of sp³-hybridized carbons (Fsp3) is 0.286. The molecule has 262 valence electrons. The van der Waals surface area contributed by atoms with Crippen LogP contribution in [-0.4, -0.2) is 82.1 Å². The molecule has 0 bridgehead atoms. The first kappa shape index (κ1) is 36.7. The molecule has 3 aliphatic rings. The van der Waals surface area contributed by atoms with Crippen LogP contribution in [0.15, 0.2) is 73.7 Å². The molecule has 0 radical (unpaired) electrons. The molecule has 0 unspecified atom stereocenters. The first-order valence-electron chi connectivity index (χ1n) is 14.8. The van der Waals surface area contributed by atoms with Crippen molar-refractivity contribution in [1.29, 1.82) is 0 Å². The van der Waals surface area contributed by atoms with E-state index >= 15 is 0 Å². The van der Waals surface area contributed by atoms with Crippen LogP contribution < -0.4 is 14.4 Å². The van der Waals surface area contributed by atoms with Gasteiger partial charge in [0, 0.05) is 28.2 Å². The zero-order valence-corrected chi connectivity index (χ0v) is 30.8. The minimum Gasteiger partial charge on any atom is -0.497 e. The van der Waals surface area contributed by atoms with Crippen LogP contribution in [-0.2, 0) is 42.9 Å². The largest absolute Gasteiger partial charge is 0.497 e. The van der Waals surface area contributed by atoms with Gasteiger partial charge in [0.15, 0.2) is 0 Å². The minimum atomic E-state index is -1.70. The van der Waals surface area contributed by atoms with Crippen molar-refractivity contribution in [2.75, 3.05) is 47.6 Å². The Morgan fingerprint density at radius 1 is 0.680 bits per heavy atom. The average molecular weight is 740 g/mol. The number of ether oxygens (including phenoxy) is 6. The molecule has 2 aromatic carbocycles. The highest BCUT2D eigenvalue weighted by molar-refractivity contribution is 8.26. The lowest BCUT2D eigenvalue weighted by Gasteiger charge is -2.50. The predicted molar refractivity (Wildman–Crippen MR) is 191 cm³/mol. The van der Waals surface area contributed by atoms with Gasteiger partial charge in [-0.3, -0.25) is 9.69 Å². The first-order chi connectivity index (χ1) is 23.8. The number of thioether (sulfide) groups is 3. The van der Waals surface area contributed by atoms with Gasteiger partial charge in [0.25, 0.3) is 5.91 Å². The van der Waals surface area contributed by atoms with Crippen molar-refractivity contribution in [2.24, 2.45) is 0 Å². The number of rotatable bonds is 8. The van der Waals surface area contributed by atoms with Gasteiger partial charge in [0.1, 0.15) is 30.3 Å². The van der Waals surface area contributed by atoms with E-state index in [9.17, 15) is 24.0 Å². The Balaban J connectivity index is 1.81. The summed E-state index contributed by atoms with van der Waals surface area (Å²) in [4.78, 5) is 69.8. The lowest BCUT2D eigenvalue weighted by atomic mass is 9.83. The maximum absolute atomic E-state index is 14.3. The molecule has 3 heterocycles. The summed E-state index contributed by atoms with van der Waals surface area (Å²) < 4.78 is 29.6. The summed E-state index contributed by atoms with van der Waals surface area (Å²) in [6.07, 6.45) is 3.11. The fourth-order valence-corrected chi connectivity index (χ4v) is 10.8. The number of hydrogen-bond acceptors (Lipinski definition) is 14. The average Bonchev–Trinajstić information content (AvgIpc) is 3.52. The molecule has 0 saturated heterocycles. The van der Waals surface area contributed by atoms with Gasteiger partial charge >= 0.3 is 23.9 Å². The monoisotopic (exact) mass is 739 g/mol. The molecule has 0 aliphatic carbocycles. The number of amides is 1. The highest BCUT2D eigenvalue weighted by atomic mass is 32.2. The summed E-state index contributed by atoms with van der Waals surface area (Å²) in [5.41, 5.74) is 0.712. The molecule has 50 heavy (non-hydrogen) atoms. The van der Waals surface area contributed by atoms with E-state index in [1.54, 1.807) is 62.3 Å². The summed E-state index contributed by atoms with van der Waals surface area (Å²) >= 11 is 2.66. The normalized spacial score (nSPS) is 17.3. The van der Waals surface area contributed by atoms with E-state index in [0.717, 1.165) is 62.2 Å². The summed E-state index contributed by atoms with van der Waals surface area (Å²) in [5.74, 6) is -2.76. The van der Waals surface area contributed by atoms with Gasteiger partial charge in [-0.05, 0) is 49.8 Å². The van der Waals surface area contributed by atoms with Crippen LogP contribution in [0.5, 0.6) is 11.5 Å². The highest BCUT2D eigenvalue weighted by Gasteiger charge is 2.61. The molecule has 15 heteroatoms. The quantitative estimate of drug-likeness (QED) is 0.195. The van der Waals surface area contributed by atoms with E-state index < -0.39 is 39.4 Å². The number of carbonyl (C=O) groups is 5. The zero-order valence-electron chi connectivity index (χ0n) is 28.4. The molecule has 0 aromatic heterocycles. The SMILES string of the molecule is COC(=O)C1=C(C(=O)OC)SC2(S1)C(C(=O)OC)=C(C(=O)OC)SC1=C2c2ccc(OC)cc2N(C(=O)/C=C/c2ccc(OC)cc2)C1(C)C. The molecule has 3 aliphatic heterocycles. The second-order valence-corrected chi connectivity index (χ2v) is 14.9. The number of carbonyl (C=O) groups excluding carboxylic acids is 5. The molecule has 0 fully saturated rings. The van der Waals surface area contributed by atoms with E-state index in [1.807, 2.05) is 12.1 Å². The van der Waals surface area contributed by atoms with E-state index in [0.29, 0.717) is 33.2 Å². The number of anilines is 1. The van der Waals surface area contributed by atoms with E-state index in [1.165, 1.54) is 20.3 Å². The third-order valence-electron chi connectivity index (χ3n) is 8.10. The predicted octanol–water partition coefficient (Wildman–Crippen LogP) is 5.33. The Morgan fingerprint density at radius 2 is 1.20 bits per heavy atom. The van der Waals surface area contributed by atoms with Crippen LogP contribution in [0.3, 0.4) is 0 Å². The minimum absolute atomic E-state index is 0.137. The molecule has 0 saturated carbocycles. The van der Waals surface area contributed by atoms with Crippen molar-refractivity contribution in [3.63, 3.8) is 0 Å². The smallest absolute Gasteiger partial charge is 0.345 e. The Bertz CT molecular complexity index is 1900. The maximum atomic E-state index is 14.3. The van der Waals surface area contributed by atoms with Crippen LogP contribution in [0.1, 0.15) is 25.0 Å². The third-order valence-corrected chi connectivity index (χ3v) is 12.8. The van der Waals surface area contributed by atoms with Gasteiger partial charge < -0.3 is 28.4 Å². The Kier molecular flexibility index (Phi) is 10.5. The van der Waals surface area contributed by atoms with E-state index in [-0.39, 0.29) is 20.3 Å². The van der Waals surface area contributed by atoms with E-state index in [2.05, 4.69) is 0 Å². The summed E-state index contributed by atoms with van der Waals surface area (Å²) in [7, 11) is 7.70. The Hall–Kier alpha value is -4.60. The van der Waals surface area contributed by atoms with Crippen LogP contribution in [0.4, 0.5) is 5.69 Å². The molecular weight excluding hydrogens is 707 g/mol. The summed E-state index contributed by atoms with van der Waals surface area (Å²) in [5, 5.41) is 0.